The number of benzene rings is 2. The number of halogens is 3. The minimum absolute atomic E-state index is 0.318. The van der Waals surface area contributed by atoms with Crippen molar-refractivity contribution in [3.8, 4) is 17.7 Å². The first-order valence-electron chi connectivity index (χ1n) is 7.24. The molecule has 1 heterocycles. The fourth-order valence-electron chi connectivity index (χ4n) is 2.35. The van der Waals surface area contributed by atoms with Crippen LogP contribution in [0.1, 0.15) is 11.3 Å². The highest BCUT2D eigenvalue weighted by Gasteiger charge is 2.17. The van der Waals surface area contributed by atoms with E-state index in [0.717, 1.165) is 5.56 Å². The van der Waals surface area contributed by atoms with E-state index in [0.29, 0.717) is 44.6 Å². The van der Waals surface area contributed by atoms with E-state index in [4.69, 9.17) is 45.3 Å². The molecule has 2 aromatic carbocycles. The van der Waals surface area contributed by atoms with E-state index < -0.39 is 0 Å². The fourth-order valence-corrected chi connectivity index (χ4v) is 2.94. The van der Waals surface area contributed by atoms with Gasteiger partial charge in [0.25, 0.3) is 0 Å². The standard InChI is InChI=1S/C18H12Cl3N3O/c19-12-3-5-15(6-4-12)25-18-17(23)8-14(9-22)24(18)10-11-1-2-13(20)7-16(11)21/h1-8H,10,23H2. The van der Waals surface area contributed by atoms with Gasteiger partial charge in [-0.15, -0.1) is 0 Å². The molecular formula is C18H12Cl3N3O. The predicted octanol–water partition coefficient (Wildman–Crippen LogP) is 5.74. The number of ether oxygens (including phenoxy) is 1. The Kier molecular flexibility index (Phi) is 5.10. The van der Waals surface area contributed by atoms with Crippen molar-refractivity contribution in [3.63, 3.8) is 0 Å². The molecule has 0 aliphatic rings. The van der Waals surface area contributed by atoms with Gasteiger partial charge in [-0.05, 0) is 42.0 Å². The molecule has 0 unspecified atom stereocenters. The van der Waals surface area contributed by atoms with Crippen LogP contribution in [-0.2, 0) is 6.54 Å². The van der Waals surface area contributed by atoms with Gasteiger partial charge in [0.05, 0.1) is 12.2 Å². The normalized spacial score (nSPS) is 10.5. The first-order valence-corrected chi connectivity index (χ1v) is 8.38. The van der Waals surface area contributed by atoms with Gasteiger partial charge in [-0.2, -0.15) is 5.26 Å². The van der Waals surface area contributed by atoms with Crippen LogP contribution in [0.4, 0.5) is 5.69 Å². The summed E-state index contributed by atoms with van der Waals surface area (Å²) in [6.07, 6.45) is 0. The van der Waals surface area contributed by atoms with Crippen molar-refractivity contribution in [1.82, 2.24) is 4.57 Å². The van der Waals surface area contributed by atoms with Crippen molar-refractivity contribution >= 4 is 40.5 Å². The summed E-state index contributed by atoms with van der Waals surface area (Å²) in [4.78, 5) is 0. The summed E-state index contributed by atoms with van der Waals surface area (Å²) in [5.41, 5.74) is 7.55. The molecule has 0 radical (unpaired) electrons. The number of nitrogen functional groups attached to an aromatic ring is 1. The molecule has 3 rings (SSSR count). The highest BCUT2D eigenvalue weighted by Crippen LogP contribution is 2.33. The lowest BCUT2D eigenvalue weighted by Gasteiger charge is -2.13. The van der Waals surface area contributed by atoms with Crippen molar-refractivity contribution in [2.24, 2.45) is 0 Å². The van der Waals surface area contributed by atoms with Gasteiger partial charge in [-0.25, -0.2) is 0 Å². The lowest BCUT2D eigenvalue weighted by molar-refractivity contribution is 0.437. The Morgan fingerprint density at radius 3 is 2.32 bits per heavy atom. The Morgan fingerprint density at radius 1 is 1.00 bits per heavy atom. The van der Waals surface area contributed by atoms with E-state index in [1.807, 2.05) is 0 Å². The van der Waals surface area contributed by atoms with Gasteiger partial charge in [-0.1, -0.05) is 40.9 Å². The first-order chi connectivity index (χ1) is 12.0. The topological polar surface area (TPSA) is 64.0 Å². The third-order valence-corrected chi connectivity index (χ3v) is 4.40. The zero-order valence-corrected chi connectivity index (χ0v) is 15.1. The molecular weight excluding hydrogens is 381 g/mol. The van der Waals surface area contributed by atoms with Gasteiger partial charge >= 0.3 is 0 Å². The maximum Gasteiger partial charge on any atom is 0.224 e. The van der Waals surface area contributed by atoms with Crippen LogP contribution in [0.2, 0.25) is 15.1 Å². The minimum atomic E-state index is 0.318. The van der Waals surface area contributed by atoms with Gasteiger partial charge in [0, 0.05) is 21.1 Å². The quantitative estimate of drug-likeness (QED) is 0.615. The third kappa shape index (κ3) is 3.85. The van der Waals surface area contributed by atoms with E-state index in [9.17, 15) is 5.26 Å². The molecule has 0 aliphatic heterocycles. The summed E-state index contributed by atoms with van der Waals surface area (Å²) in [5, 5.41) is 11.0. The SMILES string of the molecule is N#Cc1cc(N)c(Oc2ccc(Cl)cc2)n1Cc1ccc(Cl)cc1Cl. The van der Waals surface area contributed by atoms with Crippen LogP contribution in [0, 0.1) is 11.3 Å². The number of hydrogen-bond donors (Lipinski definition) is 1. The van der Waals surface area contributed by atoms with Gasteiger partial charge in [0.15, 0.2) is 0 Å². The van der Waals surface area contributed by atoms with Crippen molar-refractivity contribution in [3.05, 3.63) is 74.9 Å². The van der Waals surface area contributed by atoms with Gasteiger partial charge < -0.3 is 10.5 Å². The molecule has 2 N–H and O–H groups in total. The summed E-state index contributed by atoms with van der Waals surface area (Å²) in [6.45, 7) is 0.318. The van der Waals surface area contributed by atoms with E-state index in [1.54, 1.807) is 53.1 Å². The monoisotopic (exact) mass is 391 g/mol. The van der Waals surface area contributed by atoms with E-state index >= 15 is 0 Å². The van der Waals surface area contributed by atoms with Crippen LogP contribution >= 0.6 is 34.8 Å². The van der Waals surface area contributed by atoms with Crippen LogP contribution in [0.15, 0.2) is 48.5 Å². The molecule has 0 aliphatic carbocycles. The second-order valence-corrected chi connectivity index (χ2v) is 6.56. The molecule has 0 spiro atoms. The number of nitrogens with two attached hydrogens (primary N) is 1. The highest BCUT2D eigenvalue weighted by molar-refractivity contribution is 6.35. The first kappa shape index (κ1) is 17.5. The molecule has 25 heavy (non-hydrogen) atoms. The molecule has 3 aromatic rings. The predicted molar refractivity (Wildman–Crippen MR) is 101 cm³/mol. The van der Waals surface area contributed by atoms with E-state index in [-0.39, 0.29) is 0 Å². The largest absolute Gasteiger partial charge is 0.439 e. The second kappa shape index (κ2) is 7.28. The summed E-state index contributed by atoms with van der Waals surface area (Å²) < 4.78 is 7.54. The number of hydrogen-bond acceptors (Lipinski definition) is 3. The summed E-state index contributed by atoms with van der Waals surface area (Å²) in [5.74, 6) is 0.923. The molecule has 0 atom stereocenters. The fraction of sp³-hybridized carbons (Fsp3) is 0.0556. The van der Waals surface area contributed by atoms with Gasteiger partial charge in [0.2, 0.25) is 5.88 Å². The molecule has 7 heteroatoms. The molecule has 0 amide bonds. The van der Waals surface area contributed by atoms with Crippen molar-refractivity contribution in [2.75, 3.05) is 5.73 Å². The molecule has 1 aromatic heterocycles. The number of aromatic nitrogens is 1. The zero-order valence-electron chi connectivity index (χ0n) is 12.8. The van der Waals surface area contributed by atoms with Gasteiger partial charge in [-0.3, -0.25) is 4.57 Å². The van der Waals surface area contributed by atoms with E-state index in [2.05, 4.69) is 6.07 Å². The maximum atomic E-state index is 9.40. The average molecular weight is 393 g/mol. The lowest BCUT2D eigenvalue weighted by Crippen LogP contribution is -2.05. The number of nitriles is 1. The second-order valence-electron chi connectivity index (χ2n) is 5.28. The molecule has 0 fully saturated rings. The smallest absolute Gasteiger partial charge is 0.224 e. The average Bonchev–Trinajstić information content (AvgIpc) is 2.88. The van der Waals surface area contributed by atoms with Crippen molar-refractivity contribution in [1.29, 1.82) is 5.26 Å². The van der Waals surface area contributed by atoms with Crippen LogP contribution in [-0.4, -0.2) is 4.57 Å². The molecule has 126 valence electrons. The maximum absolute atomic E-state index is 9.40. The molecule has 0 bridgehead atoms. The number of nitrogens with zero attached hydrogens (tertiary/aromatic N) is 2. The van der Waals surface area contributed by atoms with Crippen LogP contribution in [0.5, 0.6) is 11.6 Å². The zero-order chi connectivity index (χ0) is 18.0. The Balaban J connectivity index is 2.00. The Hall–Kier alpha value is -2.32. The number of anilines is 1. The third-order valence-electron chi connectivity index (χ3n) is 3.56. The van der Waals surface area contributed by atoms with E-state index in [1.165, 1.54) is 0 Å². The molecule has 0 saturated heterocycles. The van der Waals surface area contributed by atoms with Crippen molar-refractivity contribution in [2.45, 2.75) is 6.54 Å². The molecule has 0 saturated carbocycles. The lowest BCUT2D eigenvalue weighted by atomic mass is 10.2. The summed E-state index contributed by atoms with van der Waals surface area (Å²) >= 11 is 18.1. The Bertz CT molecular complexity index is 959. The van der Waals surface area contributed by atoms with Crippen LogP contribution in [0.3, 0.4) is 0 Å². The highest BCUT2D eigenvalue weighted by atomic mass is 35.5. The number of rotatable bonds is 4. The van der Waals surface area contributed by atoms with Crippen molar-refractivity contribution < 1.29 is 4.74 Å². The molecule has 4 nitrogen and oxygen atoms in total. The van der Waals surface area contributed by atoms with Crippen LogP contribution in [0.25, 0.3) is 0 Å². The van der Waals surface area contributed by atoms with Crippen LogP contribution < -0.4 is 10.5 Å². The summed E-state index contributed by atoms with van der Waals surface area (Å²) in [7, 11) is 0. The Labute approximate surface area is 159 Å². The minimum Gasteiger partial charge on any atom is -0.439 e. The Morgan fingerprint density at radius 2 is 1.68 bits per heavy atom. The van der Waals surface area contributed by atoms with Gasteiger partial charge in [0.1, 0.15) is 17.5 Å². The summed E-state index contributed by atoms with van der Waals surface area (Å²) in [6, 6.07) is 15.7.